The molecular formula is C22H28N4O3. The number of nitrogens with zero attached hydrogens (tertiary/aromatic N) is 3. The quantitative estimate of drug-likeness (QED) is 0.860. The van der Waals surface area contributed by atoms with Crippen LogP contribution in [0, 0.1) is 20.8 Å². The van der Waals surface area contributed by atoms with E-state index in [9.17, 15) is 9.59 Å². The number of rotatable bonds is 4. The molecule has 2 aromatic rings. The van der Waals surface area contributed by atoms with Gasteiger partial charge in [0.05, 0.1) is 29.5 Å². The van der Waals surface area contributed by atoms with Crippen LogP contribution in [0.2, 0.25) is 0 Å². The van der Waals surface area contributed by atoms with E-state index < -0.39 is 0 Å². The first-order valence-electron chi connectivity index (χ1n) is 9.63. The van der Waals surface area contributed by atoms with Crippen molar-refractivity contribution in [2.45, 2.75) is 33.2 Å². The summed E-state index contributed by atoms with van der Waals surface area (Å²) < 4.78 is 5.86. The maximum absolute atomic E-state index is 12.7. The van der Waals surface area contributed by atoms with Crippen LogP contribution in [-0.2, 0) is 4.79 Å². The molecule has 0 saturated carbocycles. The molecule has 1 atom stereocenters. The van der Waals surface area contributed by atoms with Gasteiger partial charge in [0, 0.05) is 32.4 Å². The zero-order valence-corrected chi connectivity index (χ0v) is 17.9. The smallest absolute Gasteiger partial charge is 0.253 e. The van der Waals surface area contributed by atoms with Crippen molar-refractivity contribution in [2.75, 3.05) is 38.0 Å². The molecule has 2 heterocycles. The van der Waals surface area contributed by atoms with Crippen LogP contribution < -0.4 is 15.0 Å². The van der Waals surface area contributed by atoms with Crippen molar-refractivity contribution in [3.8, 4) is 5.75 Å². The molecule has 29 heavy (non-hydrogen) atoms. The second-order valence-electron chi connectivity index (χ2n) is 7.75. The average molecular weight is 396 g/mol. The second-order valence-corrected chi connectivity index (χ2v) is 7.75. The maximum Gasteiger partial charge on any atom is 0.253 e. The molecule has 0 fully saturated rings. The van der Waals surface area contributed by atoms with Gasteiger partial charge in [0.2, 0.25) is 5.91 Å². The Morgan fingerprint density at radius 3 is 2.62 bits per heavy atom. The Kier molecular flexibility index (Phi) is 5.77. The molecular weight excluding hydrogens is 368 g/mol. The fourth-order valence-electron chi connectivity index (χ4n) is 3.61. The van der Waals surface area contributed by atoms with Crippen molar-refractivity contribution in [1.82, 2.24) is 9.88 Å². The van der Waals surface area contributed by atoms with Crippen LogP contribution >= 0.6 is 0 Å². The molecule has 0 aliphatic carbocycles. The SMILES string of the molecule is Cc1cc(C)c(NC(=O)C[C@H]2COc3ccc(C(=O)N(C)C)cc3N2C)c(C)n1. The van der Waals surface area contributed by atoms with Crippen molar-refractivity contribution in [1.29, 1.82) is 0 Å². The van der Waals surface area contributed by atoms with Crippen LogP contribution in [0.5, 0.6) is 5.75 Å². The number of hydrogen-bond donors (Lipinski definition) is 1. The highest BCUT2D eigenvalue weighted by Crippen LogP contribution is 2.35. The number of pyridine rings is 1. The van der Waals surface area contributed by atoms with Crippen molar-refractivity contribution in [3.05, 3.63) is 46.8 Å². The van der Waals surface area contributed by atoms with E-state index in [2.05, 4.69) is 10.3 Å². The fourth-order valence-corrected chi connectivity index (χ4v) is 3.61. The zero-order valence-electron chi connectivity index (χ0n) is 17.9. The van der Waals surface area contributed by atoms with Gasteiger partial charge in [0.25, 0.3) is 5.91 Å². The molecule has 0 saturated heterocycles. The summed E-state index contributed by atoms with van der Waals surface area (Å²) in [5, 5.41) is 3.00. The minimum Gasteiger partial charge on any atom is -0.489 e. The van der Waals surface area contributed by atoms with Crippen LogP contribution in [-0.4, -0.2) is 55.5 Å². The van der Waals surface area contributed by atoms with Gasteiger partial charge in [-0.25, -0.2) is 0 Å². The van der Waals surface area contributed by atoms with Gasteiger partial charge in [-0.3, -0.25) is 14.6 Å². The third kappa shape index (κ3) is 4.34. The minimum absolute atomic E-state index is 0.0705. The molecule has 7 nitrogen and oxygen atoms in total. The van der Waals surface area contributed by atoms with Crippen molar-refractivity contribution in [3.63, 3.8) is 0 Å². The number of benzene rings is 1. The van der Waals surface area contributed by atoms with E-state index in [4.69, 9.17) is 4.74 Å². The van der Waals surface area contributed by atoms with Crippen LogP contribution in [0.3, 0.4) is 0 Å². The fraction of sp³-hybridized carbons (Fsp3) is 0.409. The van der Waals surface area contributed by atoms with E-state index in [0.29, 0.717) is 17.9 Å². The van der Waals surface area contributed by atoms with E-state index in [1.807, 2.05) is 50.9 Å². The van der Waals surface area contributed by atoms with E-state index >= 15 is 0 Å². The van der Waals surface area contributed by atoms with Gasteiger partial charge in [0.15, 0.2) is 0 Å². The van der Waals surface area contributed by atoms with Gasteiger partial charge in [-0.15, -0.1) is 0 Å². The Labute approximate surface area is 171 Å². The molecule has 0 spiro atoms. The number of carbonyl (C=O) groups is 2. The molecule has 1 aromatic carbocycles. The summed E-state index contributed by atoms with van der Waals surface area (Å²) in [5.41, 5.74) is 4.89. The number of ether oxygens (including phenoxy) is 1. The van der Waals surface area contributed by atoms with Gasteiger partial charge in [-0.2, -0.15) is 0 Å². The molecule has 154 valence electrons. The van der Waals surface area contributed by atoms with Crippen LogP contribution in [0.1, 0.15) is 33.7 Å². The zero-order chi connectivity index (χ0) is 21.3. The first-order chi connectivity index (χ1) is 13.7. The number of aryl methyl sites for hydroxylation is 3. The summed E-state index contributed by atoms with van der Waals surface area (Å²) in [5.74, 6) is 0.555. The lowest BCUT2D eigenvalue weighted by Crippen LogP contribution is -2.43. The number of aromatic nitrogens is 1. The maximum atomic E-state index is 12.7. The molecule has 0 radical (unpaired) electrons. The standard InChI is InChI=1S/C22H28N4O3/c1-13-9-14(2)23-15(3)21(13)24-20(27)11-17-12-29-19-8-7-16(22(28)25(4)5)10-18(19)26(17)6/h7-10,17H,11-12H2,1-6H3,(H,24,27)/t17-/m0/s1. The molecule has 1 aliphatic heterocycles. The van der Waals surface area contributed by atoms with Crippen LogP contribution in [0.15, 0.2) is 24.3 Å². The summed E-state index contributed by atoms with van der Waals surface area (Å²) in [6.45, 7) is 6.20. The summed E-state index contributed by atoms with van der Waals surface area (Å²) in [7, 11) is 5.37. The summed E-state index contributed by atoms with van der Waals surface area (Å²) in [6, 6.07) is 7.21. The highest BCUT2D eigenvalue weighted by atomic mass is 16.5. The van der Waals surface area contributed by atoms with Gasteiger partial charge in [-0.05, 0) is 50.6 Å². The van der Waals surface area contributed by atoms with E-state index in [1.54, 1.807) is 20.2 Å². The highest BCUT2D eigenvalue weighted by molar-refractivity contribution is 5.96. The number of likely N-dealkylation sites (N-methyl/N-ethyl adjacent to an activating group) is 1. The van der Waals surface area contributed by atoms with Gasteiger partial charge < -0.3 is 19.9 Å². The van der Waals surface area contributed by atoms with E-state index in [0.717, 1.165) is 28.3 Å². The predicted molar refractivity (Wildman–Crippen MR) is 114 cm³/mol. The lowest BCUT2D eigenvalue weighted by atomic mass is 10.1. The molecule has 0 unspecified atom stereocenters. The predicted octanol–water partition coefficient (Wildman–Crippen LogP) is 2.93. The second kappa shape index (κ2) is 8.11. The first-order valence-corrected chi connectivity index (χ1v) is 9.63. The van der Waals surface area contributed by atoms with Gasteiger partial charge in [-0.1, -0.05) is 0 Å². The molecule has 0 bridgehead atoms. The number of carbonyl (C=O) groups excluding carboxylic acids is 2. The third-order valence-corrected chi connectivity index (χ3v) is 5.18. The molecule has 1 aliphatic rings. The number of anilines is 2. The Morgan fingerprint density at radius 2 is 1.97 bits per heavy atom. The Bertz CT molecular complexity index is 932. The minimum atomic E-state index is -0.133. The largest absolute Gasteiger partial charge is 0.489 e. The highest BCUT2D eigenvalue weighted by Gasteiger charge is 2.28. The van der Waals surface area contributed by atoms with Gasteiger partial charge in [0.1, 0.15) is 12.4 Å². The van der Waals surface area contributed by atoms with E-state index in [-0.39, 0.29) is 24.3 Å². The summed E-state index contributed by atoms with van der Waals surface area (Å²) in [6.07, 6.45) is 0.272. The number of hydrogen-bond acceptors (Lipinski definition) is 5. The number of amides is 2. The average Bonchev–Trinajstić information content (AvgIpc) is 2.66. The first kappa shape index (κ1) is 20.6. The molecule has 1 aromatic heterocycles. The normalized spacial score (nSPS) is 15.4. The Balaban J connectivity index is 1.75. The van der Waals surface area contributed by atoms with Crippen LogP contribution in [0.4, 0.5) is 11.4 Å². The lowest BCUT2D eigenvalue weighted by molar-refractivity contribution is -0.116. The Morgan fingerprint density at radius 1 is 1.24 bits per heavy atom. The van der Waals surface area contributed by atoms with Crippen molar-refractivity contribution < 1.29 is 14.3 Å². The summed E-state index contributed by atoms with van der Waals surface area (Å²) in [4.78, 5) is 33.0. The van der Waals surface area contributed by atoms with Gasteiger partial charge >= 0.3 is 0 Å². The number of fused-ring (bicyclic) bond motifs is 1. The van der Waals surface area contributed by atoms with Crippen LogP contribution in [0.25, 0.3) is 0 Å². The molecule has 2 amide bonds. The molecule has 3 rings (SSSR count). The number of nitrogens with one attached hydrogen (secondary N) is 1. The lowest BCUT2D eigenvalue weighted by Gasteiger charge is -2.36. The van der Waals surface area contributed by atoms with E-state index in [1.165, 1.54) is 4.90 Å². The topological polar surface area (TPSA) is 74.8 Å². The van der Waals surface area contributed by atoms with Crippen molar-refractivity contribution in [2.24, 2.45) is 0 Å². The van der Waals surface area contributed by atoms with Crippen molar-refractivity contribution >= 4 is 23.2 Å². The third-order valence-electron chi connectivity index (χ3n) is 5.18. The molecule has 1 N–H and O–H groups in total. The summed E-state index contributed by atoms with van der Waals surface area (Å²) >= 11 is 0. The Hall–Kier alpha value is -3.09. The molecule has 7 heteroatoms. The monoisotopic (exact) mass is 396 g/mol.